The average Bonchev–Trinajstić information content (AvgIpc) is 2.97. The van der Waals surface area contributed by atoms with Gasteiger partial charge in [-0.15, -0.1) is 0 Å². The molecule has 0 saturated heterocycles. The Labute approximate surface area is 230 Å². The van der Waals surface area contributed by atoms with Gasteiger partial charge in [0.05, 0.1) is 22.3 Å². The van der Waals surface area contributed by atoms with E-state index >= 15 is 4.39 Å². The topological polar surface area (TPSA) is 114 Å². The molecule has 0 radical (unpaired) electrons. The number of nitrogens with zero attached hydrogens (tertiary/aromatic N) is 3. The third kappa shape index (κ3) is 4.75. The van der Waals surface area contributed by atoms with E-state index < -0.39 is 34.4 Å². The van der Waals surface area contributed by atoms with Gasteiger partial charge in [0, 0.05) is 25.5 Å². The number of benzene rings is 3. The number of ether oxygens (including phenoxy) is 3. The number of nitrogens with one attached hydrogen (secondary N) is 1. The Morgan fingerprint density at radius 1 is 1.00 bits per heavy atom. The lowest BCUT2D eigenvalue weighted by atomic mass is 10.1. The lowest BCUT2D eigenvalue weighted by Crippen LogP contribution is -2.41. The SMILES string of the molecule is Cn1cc(C(=O)Nc2ccc(Oc3ccnc4ccc5c(c34)OCCO5)cc2F)c(=O)n(-c2ccc(F)cc2)c1=O. The molecule has 5 aromatic rings. The summed E-state index contributed by atoms with van der Waals surface area (Å²) in [7, 11) is 1.35. The number of fused-ring (bicyclic) bond motifs is 3. The van der Waals surface area contributed by atoms with E-state index in [4.69, 9.17) is 14.2 Å². The highest BCUT2D eigenvalue weighted by Crippen LogP contribution is 2.42. The van der Waals surface area contributed by atoms with Crippen molar-refractivity contribution in [2.75, 3.05) is 18.5 Å². The summed E-state index contributed by atoms with van der Waals surface area (Å²) in [5.41, 5.74) is -1.67. The van der Waals surface area contributed by atoms with Gasteiger partial charge in [0.15, 0.2) is 11.5 Å². The van der Waals surface area contributed by atoms with Crippen LogP contribution in [-0.2, 0) is 7.05 Å². The first kappa shape index (κ1) is 25.7. The van der Waals surface area contributed by atoms with Gasteiger partial charge in [-0.25, -0.2) is 18.1 Å². The van der Waals surface area contributed by atoms with Gasteiger partial charge >= 0.3 is 5.69 Å². The molecule has 0 unspecified atom stereocenters. The van der Waals surface area contributed by atoms with Crippen LogP contribution in [0.3, 0.4) is 0 Å². The van der Waals surface area contributed by atoms with Gasteiger partial charge < -0.3 is 24.1 Å². The molecule has 1 aliphatic rings. The Kier molecular flexibility index (Phi) is 6.42. The molecule has 206 valence electrons. The minimum atomic E-state index is -0.948. The van der Waals surface area contributed by atoms with Crippen molar-refractivity contribution in [3.8, 4) is 28.7 Å². The summed E-state index contributed by atoms with van der Waals surface area (Å²) in [6, 6.07) is 13.6. The standard InChI is InChI=1S/C29H20F2N4O6/c1-34-15-19(28(37)35(29(34)38)17-4-2-16(30)3-5-17)27(36)33-21-7-6-18(14-20(21)31)41-23-10-11-32-22-8-9-24-26(25(22)23)40-13-12-39-24/h2-11,14-15H,12-13H2,1H3,(H,33,36). The van der Waals surface area contributed by atoms with E-state index in [9.17, 15) is 18.8 Å². The Hall–Kier alpha value is -5.52. The number of aromatic nitrogens is 3. The summed E-state index contributed by atoms with van der Waals surface area (Å²) in [4.78, 5) is 43.0. The molecule has 12 heteroatoms. The number of carbonyl (C=O) groups excluding carboxylic acids is 1. The van der Waals surface area contributed by atoms with Crippen molar-refractivity contribution >= 4 is 22.5 Å². The number of hydrogen-bond acceptors (Lipinski definition) is 7. The van der Waals surface area contributed by atoms with Crippen LogP contribution in [0.25, 0.3) is 16.6 Å². The molecule has 0 fully saturated rings. The highest BCUT2D eigenvalue weighted by molar-refractivity contribution is 6.04. The predicted octanol–water partition coefficient (Wildman–Crippen LogP) is 4.18. The molecule has 0 atom stereocenters. The van der Waals surface area contributed by atoms with E-state index in [1.165, 1.54) is 31.3 Å². The molecule has 0 bridgehead atoms. The molecular weight excluding hydrogens is 538 g/mol. The van der Waals surface area contributed by atoms with E-state index in [1.807, 2.05) is 0 Å². The predicted molar refractivity (Wildman–Crippen MR) is 144 cm³/mol. The largest absolute Gasteiger partial charge is 0.486 e. The molecule has 3 aromatic carbocycles. The second-order valence-electron chi connectivity index (χ2n) is 9.04. The zero-order valence-electron chi connectivity index (χ0n) is 21.4. The normalized spacial score (nSPS) is 12.3. The first-order chi connectivity index (χ1) is 19.8. The summed E-state index contributed by atoms with van der Waals surface area (Å²) in [5, 5.41) is 2.92. The van der Waals surface area contributed by atoms with Gasteiger partial charge in [0.1, 0.15) is 41.9 Å². The molecule has 0 aliphatic carbocycles. The fourth-order valence-electron chi connectivity index (χ4n) is 4.42. The number of anilines is 1. The van der Waals surface area contributed by atoms with Crippen LogP contribution in [0.2, 0.25) is 0 Å². The van der Waals surface area contributed by atoms with Crippen LogP contribution in [0, 0.1) is 11.6 Å². The number of pyridine rings is 1. The maximum absolute atomic E-state index is 15.1. The molecule has 1 amide bonds. The maximum atomic E-state index is 15.1. The molecule has 6 rings (SSSR count). The van der Waals surface area contributed by atoms with Gasteiger partial charge in [-0.05, 0) is 54.6 Å². The summed E-state index contributed by atoms with van der Waals surface area (Å²) in [6.07, 6.45) is 2.60. The van der Waals surface area contributed by atoms with Crippen LogP contribution < -0.4 is 30.8 Å². The first-order valence-corrected chi connectivity index (χ1v) is 12.3. The fourth-order valence-corrected chi connectivity index (χ4v) is 4.42. The second kappa shape index (κ2) is 10.2. The van der Waals surface area contributed by atoms with Crippen LogP contribution in [0.1, 0.15) is 10.4 Å². The molecule has 0 saturated carbocycles. The highest BCUT2D eigenvalue weighted by Gasteiger charge is 2.21. The number of aryl methyl sites for hydroxylation is 1. The van der Waals surface area contributed by atoms with Crippen molar-refractivity contribution in [2.24, 2.45) is 7.05 Å². The molecular formula is C29H20F2N4O6. The van der Waals surface area contributed by atoms with Crippen LogP contribution in [0.4, 0.5) is 14.5 Å². The Balaban J connectivity index is 1.29. The smallest absolute Gasteiger partial charge is 0.335 e. The lowest BCUT2D eigenvalue weighted by molar-refractivity contribution is 0.102. The Morgan fingerprint density at radius 2 is 1.78 bits per heavy atom. The Bertz CT molecular complexity index is 1950. The first-order valence-electron chi connectivity index (χ1n) is 12.3. The maximum Gasteiger partial charge on any atom is 0.335 e. The van der Waals surface area contributed by atoms with Crippen LogP contribution in [-0.4, -0.2) is 33.2 Å². The fraction of sp³-hybridized carbons (Fsp3) is 0.103. The molecule has 1 N–H and O–H groups in total. The van der Waals surface area contributed by atoms with Crippen molar-refractivity contribution < 1.29 is 27.8 Å². The van der Waals surface area contributed by atoms with Crippen molar-refractivity contribution in [1.82, 2.24) is 14.1 Å². The molecule has 10 nitrogen and oxygen atoms in total. The number of carbonyl (C=O) groups is 1. The summed E-state index contributed by atoms with van der Waals surface area (Å²) >= 11 is 0. The number of rotatable bonds is 5. The zero-order chi connectivity index (χ0) is 28.7. The molecule has 0 spiro atoms. The quantitative estimate of drug-likeness (QED) is 0.344. The van der Waals surface area contributed by atoms with Crippen LogP contribution >= 0.6 is 0 Å². The van der Waals surface area contributed by atoms with Gasteiger partial charge in [0.2, 0.25) is 0 Å². The molecule has 1 aliphatic heterocycles. The summed E-state index contributed by atoms with van der Waals surface area (Å²) in [6.45, 7) is 0.765. The lowest BCUT2D eigenvalue weighted by Gasteiger charge is -2.21. The third-order valence-electron chi connectivity index (χ3n) is 6.37. The van der Waals surface area contributed by atoms with Crippen molar-refractivity contribution in [3.63, 3.8) is 0 Å². The minimum Gasteiger partial charge on any atom is -0.486 e. The molecule has 41 heavy (non-hydrogen) atoms. The summed E-state index contributed by atoms with van der Waals surface area (Å²) < 4.78 is 47.6. The van der Waals surface area contributed by atoms with E-state index in [0.717, 1.165) is 33.5 Å². The van der Waals surface area contributed by atoms with Gasteiger partial charge in [-0.1, -0.05) is 0 Å². The van der Waals surface area contributed by atoms with E-state index in [-0.39, 0.29) is 17.1 Å². The third-order valence-corrected chi connectivity index (χ3v) is 6.37. The van der Waals surface area contributed by atoms with Crippen molar-refractivity contribution in [1.29, 1.82) is 0 Å². The van der Waals surface area contributed by atoms with E-state index in [0.29, 0.717) is 41.4 Å². The van der Waals surface area contributed by atoms with Crippen molar-refractivity contribution in [2.45, 2.75) is 0 Å². The molecule has 3 heterocycles. The number of halogens is 2. The Morgan fingerprint density at radius 3 is 2.56 bits per heavy atom. The number of amides is 1. The average molecular weight is 558 g/mol. The zero-order valence-corrected chi connectivity index (χ0v) is 21.4. The monoisotopic (exact) mass is 558 g/mol. The van der Waals surface area contributed by atoms with Gasteiger partial charge in [-0.3, -0.25) is 14.6 Å². The highest BCUT2D eigenvalue weighted by atomic mass is 19.1. The van der Waals surface area contributed by atoms with Gasteiger partial charge in [-0.2, -0.15) is 0 Å². The van der Waals surface area contributed by atoms with E-state index in [1.54, 1.807) is 24.4 Å². The second-order valence-corrected chi connectivity index (χ2v) is 9.04. The molecule has 2 aromatic heterocycles. The minimum absolute atomic E-state index is 0.0706. The summed E-state index contributed by atoms with van der Waals surface area (Å²) in [5.74, 6) is -0.831. The van der Waals surface area contributed by atoms with Crippen molar-refractivity contribution in [3.05, 3.63) is 111 Å². The van der Waals surface area contributed by atoms with Gasteiger partial charge in [0.25, 0.3) is 11.5 Å². The van der Waals surface area contributed by atoms with E-state index in [2.05, 4.69) is 10.3 Å². The van der Waals surface area contributed by atoms with Crippen LogP contribution in [0.5, 0.6) is 23.0 Å². The number of hydrogen-bond donors (Lipinski definition) is 1. The van der Waals surface area contributed by atoms with Crippen LogP contribution in [0.15, 0.2) is 82.6 Å².